The van der Waals surface area contributed by atoms with E-state index in [1.165, 1.54) is 11.1 Å². The van der Waals surface area contributed by atoms with Gasteiger partial charge in [-0.05, 0) is 61.7 Å². The molecule has 0 amide bonds. The topological polar surface area (TPSA) is 29.5 Å². The van der Waals surface area contributed by atoms with Crippen LogP contribution in [0.1, 0.15) is 29.7 Å². The number of ether oxygens (including phenoxy) is 1. The molecule has 2 aromatic rings. The Morgan fingerprint density at radius 2 is 1.44 bits per heavy atom. The molecule has 2 aromatic carbocycles. The van der Waals surface area contributed by atoms with Gasteiger partial charge in [0.15, 0.2) is 0 Å². The molecule has 0 aliphatic carbocycles. The Hall–Kier alpha value is -1.80. The number of hydrogen-bond acceptors (Lipinski definition) is 2. The fraction of sp³-hybridized carbons (Fsp3) is 0.250. The van der Waals surface area contributed by atoms with E-state index in [0.29, 0.717) is 0 Å². The summed E-state index contributed by atoms with van der Waals surface area (Å²) in [4.78, 5) is 0. The van der Waals surface area contributed by atoms with Crippen molar-refractivity contribution in [1.82, 2.24) is 0 Å². The number of benzene rings is 2. The predicted octanol–water partition coefficient (Wildman–Crippen LogP) is 4.15. The summed E-state index contributed by atoms with van der Waals surface area (Å²) in [6.45, 7) is 5.85. The van der Waals surface area contributed by atoms with Crippen LogP contribution in [-0.4, -0.2) is 5.11 Å². The molecule has 94 valence electrons. The van der Waals surface area contributed by atoms with Crippen LogP contribution in [0.3, 0.4) is 0 Å². The Labute approximate surface area is 108 Å². The van der Waals surface area contributed by atoms with Gasteiger partial charge in [0.05, 0.1) is 6.10 Å². The molecule has 0 saturated heterocycles. The lowest BCUT2D eigenvalue weighted by Gasteiger charge is -2.09. The van der Waals surface area contributed by atoms with Gasteiger partial charge in [-0.3, -0.25) is 0 Å². The zero-order valence-electron chi connectivity index (χ0n) is 11.0. The highest BCUT2D eigenvalue weighted by atomic mass is 16.5. The number of aryl methyl sites for hydroxylation is 2. The average molecular weight is 242 g/mol. The third kappa shape index (κ3) is 3.11. The van der Waals surface area contributed by atoms with Gasteiger partial charge in [-0.1, -0.05) is 18.2 Å². The van der Waals surface area contributed by atoms with Gasteiger partial charge in [-0.25, -0.2) is 0 Å². The monoisotopic (exact) mass is 242 g/mol. The molecule has 0 unspecified atom stereocenters. The average Bonchev–Trinajstić information content (AvgIpc) is 2.28. The van der Waals surface area contributed by atoms with E-state index < -0.39 is 6.10 Å². The Bertz CT molecular complexity index is 507. The van der Waals surface area contributed by atoms with E-state index in [4.69, 9.17) is 4.74 Å². The molecule has 0 radical (unpaired) electrons. The fourth-order valence-corrected chi connectivity index (χ4v) is 1.94. The summed E-state index contributed by atoms with van der Waals surface area (Å²) < 4.78 is 5.79. The first-order valence-corrected chi connectivity index (χ1v) is 6.09. The molecule has 0 heterocycles. The zero-order chi connectivity index (χ0) is 13.1. The standard InChI is InChI=1S/C16H18O2/c1-11-8-12(2)10-16(9-11)18-15-6-4-14(5-7-15)13(3)17/h4-10,13,17H,1-3H3/t13-/m0/s1. The molecule has 1 atom stereocenters. The van der Waals surface area contributed by atoms with Crippen molar-refractivity contribution < 1.29 is 9.84 Å². The highest BCUT2D eigenvalue weighted by molar-refractivity contribution is 5.37. The van der Waals surface area contributed by atoms with Crippen LogP contribution in [0.25, 0.3) is 0 Å². The van der Waals surface area contributed by atoms with E-state index in [1.807, 2.05) is 36.4 Å². The maximum Gasteiger partial charge on any atom is 0.127 e. The second kappa shape index (κ2) is 5.23. The van der Waals surface area contributed by atoms with Crippen LogP contribution in [0.15, 0.2) is 42.5 Å². The first kappa shape index (κ1) is 12.7. The van der Waals surface area contributed by atoms with Gasteiger partial charge in [0.2, 0.25) is 0 Å². The van der Waals surface area contributed by atoms with Crippen molar-refractivity contribution >= 4 is 0 Å². The van der Waals surface area contributed by atoms with Crippen LogP contribution in [0.2, 0.25) is 0 Å². The Morgan fingerprint density at radius 3 is 1.94 bits per heavy atom. The molecule has 0 fully saturated rings. The molecule has 1 N–H and O–H groups in total. The van der Waals surface area contributed by atoms with Crippen molar-refractivity contribution in [1.29, 1.82) is 0 Å². The van der Waals surface area contributed by atoms with Gasteiger partial charge in [0.25, 0.3) is 0 Å². The van der Waals surface area contributed by atoms with Gasteiger partial charge >= 0.3 is 0 Å². The molecule has 2 nitrogen and oxygen atoms in total. The Morgan fingerprint density at radius 1 is 0.889 bits per heavy atom. The quantitative estimate of drug-likeness (QED) is 0.876. The zero-order valence-corrected chi connectivity index (χ0v) is 11.0. The summed E-state index contributed by atoms with van der Waals surface area (Å²) in [6, 6.07) is 13.6. The largest absolute Gasteiger partial charge is 0.457 e. The maximum atomic E-state index is 9.44. The molecule has 0 aromatic heterocycles. The summed E-state index contributed by atoms with van der Waals surface area (Å²) in [5.41, 5.74) is 3.26. The minimum atomic E-state index is -0.444. The highest BCUT2D eigenvalue weighted by Crippen LogP contribution is 2.25. The SMILES string of the molecule is Cc1cc(C)cc(Oc2ccc([C@H](C)O)cc2)c1. The van der Waals surface area contributed by atoms with Gasteiger partial charge in [-0.2, -0.15) is 0 Å². The van der Waals surface area contributed by atoms with Crippen molar-refractivity contribution in [2.75, 3.05) is 0 Å². The van der Waals surface area contributed by atoms with Crippen molar-refractivity contribution in [2.45, 2.75) is 26.9 Å². The molecule has 0 aliphatic rings. The minimum Gasteiger partial charge on any atom is -0.457 e. The van der Waals surface area contributed by atoms with E-state index in [-0.39, 0.29) is 0 Å². The van der Waals surface area contributed by atoms with Crippen LogP contribution in [-0.2, 0) is 0 Å². The van der Waals surface area contributed by atoms with E-state index >= 15 is 0 Å². The van der Waals surface area contributed by atoms with E-state index in [1.54, 1.807) is 6.92 Å². The summed E-state index contributed by atoms with van der Waals surface area (Å²) in [5, 5.41) is 9.44. The lowest BCUT2D eigenvalue weighted by molar-refractivity contribution is 0.199. The summed E-state index contributed by atoms with van der Waals surface area (Å²) in [5.74, 6) is 1.63. The van der Waals surface area contributed by atoms with Crippen LogP contribution in [0.4, 0.5) is 0 Å². The van der Waals surface area contributed by atoms with Crippen molar-refractivity contribution in [3.63, 3.8) is 0 Å². The van der Waals surface area contributed by atoms with Gasteiger partial charge in [0, 0.05) is 0 Å². The van der Waals surface area contributed by atoms with Crippen LogP contribution in [0.5, 0.6) is 11.5 Å². The van der Waals surface area contributed by atoms with Crippen LogP contribution < -0.4 is 4.74 Å². The molecule has 2 heteroatoms. The van der Waals surface area contributed by atoms with E-state index in [9.17, 15) is 5.11 Å². The minimum absolute atomic E-state index is 0.444. The normalized spacial score (nSPS) is 12.2. The summed E-state index contributed by atoms with van der Waals surface area (Å²) in [6.07, 6.45) is -0.444. The first-order chi connectivity index (χ1) is 8.54. The maximum absolute atomic E-state index is 9.44. The van der Waals surface area contributed by atoms with E-state index in [2.05, 4.69) is 19.9 Å². The van der Waals surface area contributed by atoms with Gasteiger partial charge < -0.3 is 9.84 Å². The summed E-state index contributed by atoms with van der Waals surface area (Å²) in [7, 11) is 0. The number of aliphatic hydroxyl groups excluding tert-OH is 1. The summed E-state index contributed by atoms with van der Waals surface area (Å²) >= 11 is 0. The van der Waals surface area contributed by atoms with Crippen molar-refractivity contribution in [3.05, 3.63) is 59.2 Å². The third-order valence-corrected chi connectivity index (χ3v) is 2.79. The fourth-order valence-electron chi connectivity index (χ4n) is 1.94. The van der Waals surface area contributed by atoms with Crippen LogP contribution in [0, 0.1) is 13.8 Å². The second-order valence-corrected chi connectivity index (χ2v) is 4.67. The first-order valence-electron chi connectivity index (χ1n) is 6.09. The second-order valence-electron chi connectivity index (χ2n) is 4.67. The molecule has 0 saturated carbocycles. The number of aliphatic hydroxyl groups is 1. The van der Waals surface area contributed by atoms with Crippen LogP contribution >= 0.6 is 0 Å². The number of rotatable bonds is 3. The van der Waals surface area contributed by atoms with Crippen molar-refractivity contribution in [2.24, 2.45) is 0 Å². The smallest absolute Gasteiger partial charge is 0.127 e. The van der Waals surface area contributed by atoms with Gasteiger partial charge in [-0.15, -0.1) is 0 Å². The molecule has 18 heavy (non-hydrogen) atoms. The molecule has 2 rings (SSSR count). The number of hydrogen-bond donors (Lipinski definition) is 1. The molecule has 0 aliphatic heterocycles. The molecular weight excluding hydrogens is 224 g/mol. The molecular formula is C16H18O2. The lowest BCUT2D eigenvalue weighted by atomic mass is 10.1. The molecule has 0 spiro atoms. The van der Waals surface area contributed by atoms with Gasteiger partial charge in [0.1, 0.15) is 11.5 Å². The highest BCUT2D eigenvalue weighted by Gasteiger charge is 2.02. The molecule has 0 bridgehead atoms. The van der Waals surface area contributed by atoms with E-state index in [0.717, 1.165) is 17.1 Å². The Kier molecular flexibility index (Phi) is 3.68. The lowest BCUT2D eigenvalue weighted by Crippen LogP contribution is -1.91. The Balaban J connectivity index is 2.18. The predicted molar refractivity (Wildman–Crippen MR) is 73.1 cm³/mol. The van der Waals surface area contributed by atoms with Crippen molar-refractivity contribution in [3.8, 4) is 11.5 Å². The third-order valence-electron chi connectivity index (χ3n) is 2.79.